The Balaban J connectivity index is 1.55. The van der Waals surface area contributed by atoms with Crippen LogP contribution < -0.4 is 0 Å². The van der Waals surface area contributed by atoms with Gasteiger partial charge in [-0.1, -0.05) is 12.8 Å². The molecule has 0 bridgehead atoms. The first-order chi connectivity index (χ1) is 9.24. The molecule has 0 aromatic heterocycles. The van der Waals surface area contributed by atoms with Crippen molar-refractivity contribution >= 4 is 5.97 Å². The van der Waals surface area contributed by atoms with Crippen molar-refractivity contribution in [2.75, 3.05) is 13.1 Å². The first-order valence-electron chi connectivity index (χ1n) is 7.86. The number of rotatable bonds is 3. The van der Waals surface area contributed by atoms with Crippen LogP contribution in [-0.4, -0.2) is 47.3 Å². The monoisotopic (exact) mass is 267 g/mol. The highest BCUT2D eigenvalue weighted by atomic mass is 16.5. The van der Waals surface area contributed by atoms with Crippen molar-refractivity contribution in [3.8, 4) is 0 Å². The van der Waals surface area contributed by atoms with Gasteiger partial charge in [0, 0.05) is 12.6 Å². The van der Waals surface area contributed by atoms with Crippen molar-refractivity contribution in [1.29, 1.82) is 0 Å². The van der Waals surface area contributed by atoms with Gasteiger partial charge in [-0.25, -0.2) is 4.79 Å². The number of carboxylic acid groups (broad SMARTS) is 1. The van der Waals surface area contributed by atoms with Gasteiger partial charge in [-0.3, -0.25) is 4.90 Å². The number of hydrogen-bond acceptors (Lipinski definition) is 3. The number of carbonyl (C=O) groups is 1. The number of carboxylic acids is 1. The summed E-state index contributed by atoms with van der Waals surface area (Å²) in [6.45, 7) is 2.13. The fourth-order valence-corrected chi connectivity index (χ4v) is 4.24. The maximum atomic E-state index is 10.9. The van der Waals surface area contributed by atoms with Crippen molar-refractivity contribution in [3.05, 3.63) is 0 Å². The molecule has 4 unspecified atom stereocenters. The van der Waals surface area contributed by atoms with Gasteiger partial charge in [-0.2, -0.15) is 0 Å². The van der Waals surface area contributed by atoms with Gasteiger partial charge in [0.05, 0.1) is 6.10 Å². The van der Waals surface area contributed by atoms with Crippen LogP contribution in [-0.2, 0) is 9.53 Å². The third kappa shape index (κ3) is 2.95. The smallest absolute Gasteiger partial charge is 0.332 e. The Hall–Kier alpha value is -0.610. The zero-order chi connectivity index (χ0) is 13.2. The molecule has 1 N–H and O–H groups in total. The minimum absolute atomic E-state index is 0.141. The molecule has 2 saturated heterocycles. The maximum absolute atomic E-state index is 10.9. The van der Waals surface area contributed by atoms with E-state index in [1.807, 2.05) is 0 Å². The van der Waals surface area contributed by atoms with Crippen LogP contribution in [0.5, 0.6) is 0 Å². The zero-order valence-electron chi connectivity index (χ0n) is 11.6. The van der Waals surface area contributed by atoms with Gasteiger partial charge in [0.25, 0.3) is 0 Å². The quantitative estimate of drug-likeness (QED) is 0.852. The summed E-state index contributed by atoms with van der Waals surface area (Å²) in [5, 5.41) is 8.99. The fraction of sp³-hybridized carbons (Fsp3) is 0.933. The van der Waals surface area contributed by atoms with E-state index >= 15 is 0 Å². The Morgan fingerprint density at radius 2 is 1.89 bits per heavy atom. The lowest BCUT2D eigenvalue weighted by Crippen LogP contribution is -2.49. The second-order valence-corrected chi connectivity index (χ2v) is 6.41. The third-order valence-corrected chi connectivity index (χ3v) is 5.18. The van der Waals surface area contributed by atoms with E-state index in [-0.39, 0.29) is 6.10 Å². The highest BCUT2D eigenvalue weighted by molar-refractivity contribution is 5.72. The normalized spacial score (nSPS) is 40.0. The van der Waals surface area contributed by atoms with Crippen molar-refractivity contribution in [2.45, 2.75) is 69.6 Å². The van der Waals surface area contributed by atoms with E-state index in [0.717, 1.165) is 24.9 Å². The van der Waals surface area contributed by atoms with E-state index in [1.165, 1.54) is 45.1 Å². The molecule has 4 nitrogen and oxygen atoms in total. The summed E-state index contributed by atoms with van der Waals surface area (Å²) in [7, 11) is 0. The van der Waals surface area contributed by atoms with Gasteiger partial charge in [0.15, 0.2) is 6.10 Å². The van der Waals surface area contributed by atoms with Crippen LogP contribution in [0.25, 0.3) is 0 Å². The number of piperidine rings is 1. The van der Waals surface area contributed by atoms with Gasteiger partial charge in [-0.15, -0.1) is 0 Å². The molecule has 0 aromatic rings. The summed E-state index contributed by atoms with van der Waals surface area (Å²) in [5.74, 6) is 0.0934. The van der Waals surface area contributed by atoms with Gasteiger partial charge in [0.1, 0.15) is 0 Å². The van der Waals surface area contributed by atoms with Crippen molar-refractivity contribution in [1.82, 2.24) is 4.90 Å². The molecule has 3 fully saturated rings. The molecule has 1 aliphatic carbocycles. The summed E-state index contributed by atoms with van der Waals surface area (Å²) in [5.41, 5.74) is 0. The molecule has 2 aliphatic heterocycles. The van der Waals surface area contributed by atoms with Crippen LogP contribution >= 0.6 is 0 Å². The van der Waals surface area contributed by atoms with E-state index in [2.05, 4.69) is 4.90 Å². The first kappa shape index (κ1) is 13.4. The standard InChI is InChI=1S/C15H25NO3/c17-15(18)14-8-7-12(19-14)10-16-9-3-5-11-4-1-2-6-13(11)16/h11-14H,1-10H2,(H,17,18). The zero-order valence-corrected chi connectivity index (χ0v) is 11.6. The van der Waals surface area contributed by atoms with Gasteiger partial charge >= 0.3 is 5.97 Å². The van der Waals surface area contributed by atoms with Crippen LogP contribution in [0.4, 0.5) is 0 Å². The number of fused-ring (bicyclic) bond motifs is 1. The largest absolute Gasteiger partial charge is 0.479 e. The predicted octanol–water partition coefficient (Wildman–Crippen LogP) is 2.27. The van der Waals surface area contributed by atoms with E-state index < -0.39 is 12.1 Å². The Bertz CT molecular complexity index is 331. The van der Waals surface area contributed by atoms with Gasteiger partial charge < -0.3 is 9.84 Å². The summed E-state index contributed by atoms with van der Waals surface area (Å²) in [4.78, 5) is 13.5. The molecular formula is C15H25NO3. The minimum Gasteiger partial charge on any atom is -0.479 e. The molecule has 3 aliphatic rings. The van der Waals surface area contributed by atoms with Crippen molar-refractivity contribution in [3.63, 3.8) is 0 Å². The maximum Gasteiger partial charge on any atom is 0.332 e. The van der Waals surface area contributed by atoms with E-state index in [0.29, 0.717) is 6.42 Å². The number of aliphatic carboxylic acids is 1. The molecule has 0 radical (unpaired) electrons. The average molecular weight is 267 g/mol. The highest BCUT2D eigenvalue weighted by Crippen LogP contribution is 2.36. The minimum atomic E-state index is -0.795. The first-order valence-corrected chi connectivity index (χ1v) is 7.86. The molecule has 2 heterocycles. The Morgan fingerprint density at radius 3 is 2.68 bits per heavy atom. The van der Waals surface area contributed by atoms with Crippen LogP contribution in [0.15, 0.2) is 0 Å². The van der Waals surface area contributed by atoms with E-state index in [1.54, 1.807) is 0 Å². The van der Waals surface area contributed by atoms with Crippen LogP contribution in [0.2, 0.25) is 0 Å². The molecule has 4 heteroatoms. The number of hydrogen-bond donors (Lipinski definition) is 1. The van der Waals surface area contributed by atoms with Crippen molar-refractivity contribution < 1.29 is 14.6 Å². The summed E-state index contributed by atoms with van der Waals surface area (Å²) in [6, 6.07) is 0.745. The Morgan fingerprint density at radius 1 is 1.11 bits per heavy atom. The van der Waals surface area contributed by atoms with Crippen LogP contribution in [0.3, 0.4) is 0 Å². The molecule has 0 aromatic carbocycles. The second-order valence-electron chi connectivity index (χ2n) is 6.41. The molecule has 1 saturated carbocycles. The summed E-state index contributed by atoms with van der Waals surface area (Å²) < 4.78 is 5.66. The molecule has 0 amide bonds. The van der Waals surface area contributed by atoms with Gasteiger partial charge in [0.2, 0.25) is 0 Å². The fourth-order valence-electron chi connectivity index (χ4n) is 4.24. The molecular weight excluding hydrogens is 242 g/mol. The van der Waals surface area contributed by atoms with Crippen LogP contribution in [0, 0.1) is 5.92 Å². The molecule has 19 heavy (non-hydrogen) atoms. The predicted molar refractivity (Wildman–Crippen MR) is 72.1 cm³/mol. The van der Waals surface area contributed by atoms with Gasteiger partial charge in [-0.05, 0) is 51.0 Å². The molecule has 4 atom stereocenters. The number of nitrogens with zero attached hydrogens (tertiary/aromatic N) is 1. The molecule has 0 spiro atoms. The second kappa shape index (κ2) is 5.80. The SMILES string of the molecule is O=C(O)C1CCC(CN2CCCC3CCCCC32)O1. The Labute approximate surface area is 115 Å². The lowest BCUT2D eigenvalue weighted by Gasteiger charge is -2.45. The number of ether oxygens (including phenoxy) is 1. The highest BCUT2D eigenvalue weighted by Gasteiger charge is 2.37. The molecule has 3 rings (SSSR count). The van der Waals surface area contributed by atoms with E-state index in [4.69, 9.17) is 9.84 Å². The summed E-state index contributed by atoms with van der Waals surface area (Å²) in [6.07, 6.45) is 9.35. The van der Waals surface area contributed by atoms with E-state index in [9.17, 15) is 4.79 Å². The lowest BCUT2D eigenvalue weighted by molar-refractivity contribution is -0.150. The Kier molecular flexibility index (Phi) is 4.08. The third-order valence-electron chi connectivity index (χ3n) is 5.18. The number of likely N-dealkylation sites (tertiary alicyclic amines) is 1. The average Bonchev–Trinajstić information content (AvgIpc) is 2.88. The molecule has 108 valence electrons. The summed E-state index contributed by atoms with van der Waals surface area (Å²) >= 11 is 0. The topological polar surface area (TPSA) is 49.8 Å². The van der Waals surface area contributed by atoms with Crippen LogP contribution in [0.1, 0.15) is 51.4 Å². The lowest BCUT2D eigenvalue weighted by atomic mass is 9.78. The van der Waals surface area contributed by atoms with Crippen molar-refractivity contribution in [2.24, 2.45) is 5.92 Å².